The van der Waals surface area contributed by atoms with Gasteiger partial charge in [-0.3, -0.25) is 4.79 Å². The first-order chi connectivity index (χ1) is 11.5. The topological polar surface area (TPSA) is 58.8 Å². The number of nitrogens with zero attached hydrogens (tertiary/aromatic N) is 2. The van der Waals surface area contributed by atoms with Gasteiger partial charge in [0, 0.05) is 30.7 Å². The third-order valence-corrected chi connectivity index (χ3v) is 4.85. The minimum absolute atomic E-state index is 0.0871. The molecule has 1 fully saturated rings. The van der Waals surface area contributed by atoms with Crippen LogP contribution in [0.15, 0.2) is 24.3 Å². The summed E-state index contributed by atoms with van der Waals surface area (Å²) in [7, 11) is 0. The third-order valence-electron chi connectivity index (χ3n) is 4.85. The Morgan fingerprint density at radius 3 is 2.54 bits per heavy atom. The summed E-state index contributed by atoms with van der Waals surface area (Å²) in [6.45, 7) is 10.8. The van der Waals surface area contributed by atoms with E-state index in [1.807, 2.05) is 29.2 Å². The van der Waals surface area contributed by atoms with E-state index < -0.39 is 0 Å². The SMILES string of the molecule is CCN(CC)CCOc1ccc(C(=O)N2CC[C@@H](N)C[C@H]2C)cc1. The van der Waals surface area contributed by atoms with E-state index in [-0.39, 0.29) is 18.0 Å². The lowest BCUT2D eigenvalue weighted by atomic mass is 9.98. The van der Waals surface area contributed by atoms with Gasteiger partial charge in [-0.05, 0) is 57.1 Å². The Labute approximate surface area is 145 Å². The second kappa shape index (κ2) is 9.04. The molecular formula is C19H31N3O2. The summed E-state index contributed by atoms with van der Waals surface area (Å²) < 4.78 is 5.77. The summed E-state index contributed by atoms with van der Waals surface area (Å²) in [6.07, 6.45) is 1.75. The molecule has 0 radical (unpaired) electrons. The van der Waals surface area contributed by atoms with Crippen molar-refractivity contribution in [2.24, 2.45) is 5.73 Å². The van der Waals surface area contributed by atoms with Gasteiger partial charge < -0.3 is 20.3 Å². The Morgan fingerprint density at radius 2 is 1.96 bits per heavy atom. The van der Waals surface area contributed by atoms with Gasteiger partial charge in [0.05, 0.1) is 0 Å². The quantitative estimate of drug-likeness (QED) is 0.832. The molecule has 2 atom stereocenters. The fourth-order valence-electron chi connectivity index (χ4n) is 3.20. The first-order valence-electron chi connectivity index (χ1n) is 9.06. The van der Waals surface area contributed by atoms with E-state index in [1.165, 1.54) is 0 Å². The Morgan fingerprint density at radius 1 is 1.29 bits per heavy atom. The zero-order valence-electron chi connectivity index (χ0n) is 15.2. The van der Waals surface area contributed by atoms with Crippen LogP contribution in [0.3, 0.4) is 0 Å². The predicted octanol–water partition coefficient (Wildman–Crippen LogP) is 2.36. The monoisotopic (exact) mass is 333 g/mol. The molecule has 5 heteroatoms. The number of carbonyl (C=O) groups is 1. The zero-order valence-corrected chi connectivity index (χ0v) is 15.2. The number of likely N-dealkylation sites (tertiary alicyclic amines) is 1. The van der Waals surface area contributed by atoms with Crippen LogP contribution in [0.2, 0.25) is 0 Å². The molecule has 5 nitrogen and oxygen atoms in total. The van der Waals surface area contributed by atoms with Crippen LogP contribution in [0.25, 0.3) is 0 Å². The van der Waals surface area contributed by atoms with Crippen LogP contribution < -0.4 is 10.5 Å². The number of nitrogens with two attached hydrogens (primary N) is 1. The Kier molecular flexibility index (Phi) is 7.06. The molecule has 2 rings (SSSR count). The summed E-state index contributed by atoms with van der Waals surface area (Å²) in [4.78, 5) is 16.9. The average molecular weight is 333 g/mol. The third kappa shape index (κ3) is 4.95. The van der Waals surface area contributed by atoms with E-state index in [4.69, 9.17) is 10.5 Å². The molecule has 1 heterocycles. The highest BCUT2D eigenvalue weighted by molar-refractivity contribution is 5.94. The van der Waals surface area contributed by atoms with Gasteiger partial charge in [0.2, 0.25) is 0 Å². The van der Waals surface area contributed by atoms with Crippen molar-refractivity contribution in [1.82, 2.24) is 9.80 Å². The Hall–Kier alpha value is -1.59. The highest BCUT2D eigenvalue weighted by atomic mass is 16.5. The molecule has 134 valence electrons. The van der Waals surface area contributed by atoms with Gasteiger partial charge in [-0.2, -0.15) is 0 Å². The number of piperidine rings is 1. The number of rotatable bonds is 7. The van der Waals surface area contributed by atoms with Crippen LogP contribution in [-0.2, 0) is 0 Å². The summed E-state index contributed by atoms with van der Waals surface area (Å²) in [5.74, 6) is 0.900. The second-order valence-electron chi connectivity index (χ2n) is 6.53. The standard InChI is InChI=1S/C19H31N3O2/c1-4-21(5-2)12-13-24-18-8-6-16(7-9-18)19(23)22-11-10-17(20)14-15(22)3/h6-9,15,17H,4-5,10-14,20H2,1-3H3/t15-,17-/m1/s1. The van der Waals surface area contributed by atoms with Gasteiger partial charge in [0.1, 0.15) is 12.4 Å². The van der Waals surface area contributed by atoms with E-state index in [2.05, 4.69) is 25.7 Å². The van der Waals surface area contributed by atoms with Gasteiger partial charge >= 0.3 is 0 Å². The van der Waals surface area contributed by atoms with Crippen molar-refractivity contribution in [1.29, 1.82) is 0 Å². The molecule has 1 amide bonds. The number of benzene rings is 1. The van der Waals surface area contributed by atoms with E-state index >= 15 is 0 Å². The second-order valence-corrected chi connectivity index (χ2v) is 6.53. The molecule has 1 aliphatic heterocycles. The molecule has 1 aromatic carbocycles. The normalized spacial score (nSPS) is 21.1. The lowest BCUT2D eigenvalue weighted by Crippen LogP contribution is -2.48. The van der Waals surface area contributed by atoms with E-state index in [9.17, 15) is 4.79 Å². The van der Waals surface area contributed by atoms with Crippen LogP contribution in [0, 0.1) is 0 Å². The lowest BCUT2D eigenvalue weighted by molar-refractivity contribution is 0.0619. The van der Waals surface area contributed by atoms with Crippen molar-refractivity contribution in [3.63, 3.8) is 0 Å². The molecule has 0 aromatic heterocycles. The molecule has 24 heavy (non-hydrogen) atoms. The summed E-state index contributed by atoms with van der Waals surface area (Å²) in [5.41, 5.74) is 6.69. The maximum Gasteiger partial charge on any atom is 0.254 e. The van der Waals surface area contributed by atoms with Crippen molar-refractivity contribution >= 4 is 5.91 Å². The number of amides is 1. The zero-order chi connectivity index (χ0) is 17.5. The molecule has 0 saturated carbocycles. The predicted molar refractivity (Wildman–Crippen MR) is 97.4 cm³/mol. The minimum Gasteiger partial charge on any atom is -0.492 e. The first-order valence-corrected chi connectivity index (χ1v) is 9.06. The van der Waals surface area contributed by atoms with Gasteiger partial charge in [-0.15, -0.1) is 0 Å². The molecule has 0 bridgehead atoms. The van der Waals surface area contributed by atoms with Crippen molar-refractivity contribution in [3.05, 3.63) is 29.8 Å². The Balaban J connectivity index is 1.88. The maximum atomic E-state index is 12.6. The summed E-state index contributed by atoms with van der Waals surface area (Å²) in [5, 5.41) is 0. The van der Waals surface area contributed by atoms with Gasteiger partial charge in [0.15, 0.2) is 0 Å². The van der Waals surface area contributed by atoms with Gasteiger partial charge in [-0.25, -0.2) is 0 Å². The van der Waals surface area contributed by atoms with Gasteiger partial charge in [-0.1, -0.05) is 13.8 Å². The number of likely N-dealkylation sites (N-methyl/N-ethyl adjacent to an activating group) is 1. The van der Waals surface area contributed by atoms with Crippen LogP contribution in [-0.4, -0.2) is 60.6 Å². The van der Waals surface area contributed by atoms with Crippen LogP contribution in [0.5, 0.6) is 5.75 Å². The molecule has 0 unspecified atom stereocenters. The first kappa shape index (κ1) is 18.7. The van der Waals surface area contributed by atoms with Crippen molar-refractivity contribution in [2.75, 3.05) is 32.8 Å². The molecule has 1 saturated heterocycles. The van der Waals surface area contributed by atoms with Gasteiger partial charge in [0.25, 0.3) is 5.91 Å². The van der Waals surface area contributed by atoms with Crippen molar-refractivity contribution in [3.8, 4) is 5.75 Å². The van der Waals surface area contributed by atoms with E-state index in [0.717, 1.165) is 44.8 Å². The van der Waals surface area contributed by atoms with Crippen LogP contribution in [0.1, 0.15) is 44.0 Å². The van der Waals surface area contributed by atoms with Crippen LogP contribution in [0.4, 0.5) is 0 Å². The number of hydrogen-bond acceptors (Lipinski definition) is 4. The minimum atomic E-state index is 0.0871. The summed E-state index contributed by atoms with van der Waals surface area (Å²) >= 11 is 0. The van der Waals surface area contributed by atoms with E-state index in [0.29, 0.717) is 12.2 Å². The highest BCUT2D eigenvalue weighted by Gasteiger charge is 2.27. The fraction of sp³-hybridized carbons (Fsp3) is 0.632. The molecule has 0 aliphatic carbocycles. The van der Waals surface area contributed by atoms with Crippen molar-refractivity contribution in [2.45, 2.75) is 45.7 Å². The van der Waals surface area contributed by atoms with Crippen molar-refractivity contribution < 1.29 is 9.53 Å². The van der Waals surface area contributed by atoms with Crippen LogP contribution >= 0.6 is 0 Å². The molecule has 1 aromatic rings. The van der Waals surface area contributed by atoms with E-state index in [1.54, 1.807) is 0 Å². The molecule has 2 N–H and O–H groups in total. The highest BCUT2D eigenvalue weighted by Crippen LogP contribution is 2.20. The number of ether oxygens (including phenoxy) is 1. The largest absolute Gasteiger partial charge is 0.492 e. The number of carbonyl (C=O) groups excluding carboxylic acids is 1. The average Bonchev–Trinajstić information content (AvgIpc) is 2.59. The smallest absolute Gasteiger partial charge is 0.254 e. The fourth-order valence-corrected chi connectivity index (χ4v) is 3.20. The molecule has 1 aliphatic rings. The molecular weight excluding hydrogens is 302 g/mol. The summed E-state index contributed by atoms with van der Waals surface area (Å²) in [6, 6.07) is 7.90. The lowest BCUT2D eigenvalue weighted by Gasteiger charge is -2.36. The Bertz CT molecular complexity index is 514. The maximum absolute atomic E-state index is 12.6. The number of hydrogen-bond donors (Lipinski definition) is 1. The molecule has 0 spiro atoms.